The van der Waals surface area contributed by atoms with Gasteiger partial charge in [-0.15, -0.1) is 11.3 Å². The Balaban J connectivity index is 1.13. The highest BCUT2D eigenvalue weighted by molar-refractivity contribution is 7.18. The third kappa shape index (κ3) is 5.78. The van der Waals surface area contributed by atoms with Crippen LogP contribution in [0.2, 0.25) is 0 Å². The number of hydrogen-bond acceptors (Lipinski definition) is 9. The SMILES string of the molecule is CC(=O)N1CCN(c2ccc(Nc3nccc(-c4sc(-c5ccc(N6CCOCC6)cc5)nc4C)n3)cc2)CC1. The standard InChI is InChI=1S/C30H33N7O2S/c1-21-28(40-29(32-21)23-3-7-25(8-4-23)37-17-19-39-20-18-37)27-11-12-31-30(34-27)33-24-5-9-26(10-6-24)36-15-13-35(14-16-36)22(2)38/h3-12H,13-20H2,1-2H3,(H,31,33,34). The first-order chi connectivity index (χ1) is 19.5. The minimum Gasteiger partial charge on any atom is -0.378 e. The summed E-state index contributed by atoms with van der Waals surface area (Å²) in [6.45, 7) is 10.3. The Morgan fingerprint density at radius 3 is 2.17 bits per heavy atom. The maximum absolute atomic E-state index is 11.6. The smallest absolute Gasteiger partial charge is 0.227 e. The summed E-state index contributed by atoms with van der Waals surface area (Å²) in [5.41, 5.74) is 6.20. The van der Waals surface area contributed by atoms with Crippen molar-refractivity contribution in [2.45, 2.75) is 13.8 Å². The molecule has 2 aliphatic heterocycles. The summed E-state index contributed by atoms with van der Waals surface area (Å²) in [6, 6.07) is 18.8. The lowest BCUT2D eigenvalue weighted by Crippen LogP contribution is -2.48. The Morgan fingerprint density at radius 1 is 0.850 bits per heavy atom. The lowest BCUT2D eigenvalue weighted by molar-refractivity contribution is -0.129. The van der Waals surface area contributed by atoms with Crippen molar-refractivity contribution in [3.8, 4) is 21.1 Å². The molecule has 2 saturated heterocycles. The molecule has 1 amide bonds. The van der Waals surface area contributed by atoms with Gasteiger partial charge in [-0.05, 0) is 61.5 Å². The van der Waals surface area contributed by atoms with Crippen LogP contribution in [0.4, 0.5) is 23.0 Å². The summed E-state index contributed by atoms with van der Waals surface area (Å²) in [6.07, 6.45) is 1.78. The third-order valence-corrected chi connectivity index (χ3v) is 8.62. The van der Waals surface area contributed by atoms with Crippen LogP contribution in [0.5, 0.6) is 0 Å². The fraction of sp³-hybridized carbons (Fsp3) is 0.333. The Morgan fingerprint density at radius 2 is 1.50 bits per heavy atom. The topological polar surface area (TPSA) is 86.7 Å². The van der Waals surface area contributed by atoms with Crippen molar-refractivity contribution in [3.63, 3.8) is 0 Å². The van der Waals surface area contributed by atoms with E-state index in [9.17, 15) is 4.79 Å². The van der Waals surface area contributed by atoms with Crippen LogP contribution in [0.3, 0.4) is 0 Å². The molecule has 206 valence electrons. The van der Waals surface area contributed by atoms with Gasteiger partial charge in [-0.2, -0.15) is 0 Å². The lowest BCUT2D eigenvalue weighted by atomic mass is 10.2. The van der Waals surface area contributed by atoms with Gasteiger partial charge in [-0.1, -0.05) is 0 Å². The number of aryl methyl sites for hydroxylation is 1. The van der Waals surface area contributed by atoms with E-state index in [-0.39, 0.29) is 5.91 Å². The molecule has 40 heavy (non-hydrogen) atoms. The van der Waals surface area contributed by atoms with Crippen LogP contribution < -0.4 is 15.1 Å². The fourth-order valence-electron chi connectivity index (χ4n) is 5.10. The predicted octanol–water partition coefficient (Wildman–Crippen LogP) is 4.82. The summed E-state index contributed by atoms with van der Waals surface area (Å²) in [5, 5.41) is 4.32. The van der Waals surface area contributed by atoms with Crippen LogP contribution in [0.1, 0.15) is 12.6 Å². The second-order valence-electron chi connectivity index (χ2n) is 10.0. The van der Waals surface area contributed by atoms with Crippen LogP contribution in [0, 0.1) is 6.92 Å². The molecule has 0 atom stereocenters. The van der Waals surface area contributed by atoms with E-state index in [2.05, 4.69) is 56.5 Å². The molecule has 0 saturated carbocycles. The Labute approximate surface area is 238 Å². The van der Waals surface area contributed by atoms with Crippen LogP contribution in [-0.4, -0.2) is 78.2 Å². The van der Waals surface area contributed by atoms with E-state index in [1.54, 1.807) is 24.5 Å². The van der Waals surface area contributed by atoms with Gasteiger partial charge in [0.15, 0.2) is 0 Å². The molecule has 6 rings (SSSR count). The van der Waals surface area contributed by atoms with Crippen LogP contribution in [0.25, 0.3) is 21.1 Å². The van der Waals surface area contributed by atoms with Gasteiger partial charge in [0.25, 0.3) is 0 Å². The first-order valence-electron chi connectivity index (χ1n) is 13.6. The zero-order valence-corrected chi connectivity index (χ0v) is 23.7. The maximum atomic E-state index is 11.6. The number of thiazole rings is 1. The zero-order valence-electron chi connectivity index (χ0n) is 22.8. The number of aromatic nitrogens is 3. The fourth-order valence-corrected chi connectivity index (χ4v) is 6.14. The summed E-state index contributed by atoms with van der Waals surface area (Å²) in [7, 11) is 0. The van der Waals surface area contributed by atoms with Crippen LogP contribution >= 0.6 is 11.3 Å². The number of benzene rings is 2. The zero-order chi connectivity index (χ0) is 27.5. The number of amides is 1. The number of anilines is 4. The number of carbonyl (C=O) groups excluding carboxylic acids is 1. The summed E-state index contributed by atoms with van der Waals surface area (Å²) in [5.74, 6) is 0.689. The number of piperazine rings is 1. The van der Waals surface area contributed by atoms with E-state index >= 15 is 0 Å². The quantitative estimate of drug-likeness (QED) is 0.362. The number of morpholine rings is 1. The Hall–Kier alpha value is -4.02. The van der Waals surface area contributed by atoms with Gasteiger partial charge in [0.1, 0.15) is 5.01 Å². The average Bonchev–Trinajstić information content (AvgIpc) is 3.40. The van der Waals surface area contributed by atoms with Crippen molar-refractivity contribution in [2.75, 3.05) is 67.6 Å². The van der Waals surface area contributed by atoms with Gasteiger partial charge < -0.3 is 24.8 Å². The average molecular weight is 556 g/mol. The van der Waals surface area contributed by atoms with E-state index in [4.69, 9.17) is 14.7 Å². The first kappa shape index (κ1) is 26.2. The molecular formula is C30H33N7O2S. The minimum absolute atomic E-state index is 0.143. The monoisotopic (exact) mass is 555 g/mol. The predicted molar refractivity (Wildman–Crippen MR) is 161 cm³/mol. The van der Waals surface area contributed by atoms with Crippen LogP contribution in [-0.2, 0) is 9.53 Å². The maximum Gasteiger partial charge on any atom is 0.227 e. The van der Waals surface area contributed by atoms with Gasteiger partial charge in [-0.25, -0.2) is 15.0 Å². The van der Waals surface area contributed by atoms with E-state index < -0.39 is 0 Å². The number of rotatable bonds is 6. The molecule has 1 N–H and O–H groups in total. The molecule has 9 nitrogen and oxygen atoms in total. The molecule has 0 unspecified atom stereocenters. The Kier molecular flexibility index (Phi) is 7.61. The van der Waals surface area contributed by atoms with Gasteiger partial charge in [0.2, 0.25) is 11.9 Å². The molecule has 0 bridgehead atoms. The molecule has 4 heterocycles. The molecule has 2 aromatic heterocycles. The first-order valence-corrected chi connectivity index (χ1v) is 14.5. The molecule has 2 aliphatic rings. The summed E-state index contributed by atoms with van der Waals surface area (Å²) in [4.78, 5) is 33.3. The van der Waals surface area contributed by atoms with Crippen molar-refractivity contribution < 1.29 is 9.53 Å². The second kappa shape index (κ2) is 11.6. The van der Waals surface area contributed by atoms with Gasteiger partial charge in [0, 0.05) is 75.0 Å². The third-order valence-electron chi connectivity index (χ3n) is 7.39. The lowest BCUT2D eigenvalue weighted by Gasteiger charge is -2.35. The number of nitrogens with one attached hydrogen (secondary N) is 1. The van der Waals surface area contributed by atoms with Crippen molar-refractivity contribution in [1.29, 1.82) is 0 Å². The van der Waals surface area contributed by atoms with Crippen molar-refractivity contribution in [2.24, 2.45) is 0 Å². The molecule has 10 heteroatoms. The summed E-state index contributed by atoms with van der Waals surface area (Å²) >= 11 is 1.65. The molecule has 0 spiro atoms. The second-order valence-corrected chi connectivity index (χ2v) is 11.0. The van der Waals surface area contributed by atoms with Crippen molar-refractivity contribution >= 4 is 40.3 Å². The summed E-state index contributed by atoms with van der Waals surface area (Å²) < 4.78 is 5.47. The minimum atomic E-state index is 0.143. The van der Waals surface area contributed by atoms with E-state index in [0.717, 1.165) is 90.7 Å². The van der Waals surface area contributed by atoms with Crippen molar-refractivity contribution in [1.82, 2.24) is 19.9 Å². The van der Waals surface area contributed by atoms with E-state index in [0.29, 0.717) is 5.95 Å². The van der Waals surface area contributed by atoms with Gasteiger partial charge in [-0.3, -0.25) is 4.79 Å². The molecule has 0 aliphatic carbocycles. The molecule has 4 aromatic rings. The molecular weight excluding hydrogens is 522 g/mol. The Bertz CT molecular complexity index is 1460. The number of nitrogens with zero attached hydrogens (tertiary/aromatic N) is 6. The van der Waals surface area contributed by atoms with E-state index in [1.807, 2.05) is 30.0 Å². The normalized spacial score (nSPS) is 15.8. The molecule has 0 radical (unpaired) electrons. The number of hydrogen-bond donors (Lipinski definition) is 1. The highest BCUT2D eigenvalue weighted by Gasteiger charge is 2.19. The number of ether oxygens (including phenoxy) is 1. The molecule has 2 fully saturated rings. The molecule has 2 aromatic carbocycles. The van der Waals surface area contributed by atoms with E-state index in [1.165, 1.54) is 5.69 Å². The largest absolute Gasteiger partial charge is 0.378 e. The highest BCUT2D eigenvalue weighted by Crippen LogP contribution is 2.35. The van der Waals surface area contributed by atoms with Gasteiger partial charge >= 0.3 is 0 Å². The van der Waals surface area contributed by atoms with Gasteiger partial charge in [0.05, 0.1) is 29.5 Å². The van der Waals surface area contributed by atoms with Crippen LogP contribution in [0.15, 0.2) is 60.8 Å². The highest BCUT2D eigenvalue weighted by atomic mass is 32.1. The van der Waals surface area contributed by atoms with Crippen molar-refractivity contribution in [3.05, 3.63) is 66.5 Å². The number of carbonyl (C=O) groups is 1.